The first-order chi connectivity index (χ1) is 14.5. The lowest BCUT2D eigenvalue weighted by Gasteiger charge is -2.09. The van der Waals surface area contributed by atoms with Gasteiger partial charge in [-0.1, -0.05) is 35.9 Å². The Balaban J connectivity index is 1.45. The first-order valence-electron chi connectivity index (χ1n) is 9.66. The molecule has 2 aromatic heterocycles. The van der Waals surface area contributed by atoms with E-state index >= 15 is 0 Å². The molecule has 0 fully saturated rings. The number of rotatable bonds is 5. The van der Waals surface area contributed by atoms with Crippen molar-refractivity contribution in [1.29, 1.82) is 5.26 Å². The summed E-state index contributed by atoms with van der Waals surface area (Å²) in [6, 6.07) is 9.43. The molecule has 6 nitrogen and oxygen atoms in total. The molecule has 1 aromatic carbocycles. The van der Waals surface area contributed by atoms with Crippen molar-refractivity contribution in [2.75, 3.05) is 5.32 Å². The fourth-order valence-electron chi connectivity index (χ4n) is 3.36. The summed E-state index contributed by atoms with van der Waals surface area (Å²) >= 11 is 8.71. The first-order valence-corrected chi connectivity index (χ1v) is 11.7. The SMILES string of the molecule is C[C@H](Sc1nnc(-c2cccc(Cl)c2)o1)C(=O)Nc1sc2c(c1C#N)CCCCC2. The van der Waals surface area contributed by atoms with Crippen LogP contribution >= 0.6 is 34.7 Å². The van der Waals surface area contributed by atoms with Gasteiger partial charge < -0.3 is 9.73 Å². The van der Waals surface area contributed by atoms with Crippen LogP contribution < -0.4 is 5.32 Å². The predicted molar refractivity (Wildman–Crippen MR) is 119 cm³/mol. The summed E-state index contributed by atoms with van der Waals surface area (Å²) in [4.78, 5) is 14.0. The van der Waals surface area contributed by atoms with E-state index in [0.29, 0.717) is 26.7 Å². The molecule has 9 heteroatoms. The van der Waals surface area contributed by atoms with Gasteiger partial charge in [-0.25, -0.2) is 0 Å². The number of carbonyl (C=O) groups excluding carboxylic acids is 1. The van der Waals surface area contributed by atoms with Crippen molar-refractivity contribution in [2.24, 2.45) is 0 Å². The number of benzene rings is 1. The Kier molecular flexibility index (Phi) is 6.42. The molecule has 154 valence electrons. The number of hydrogen-bond donors (Lipinski definition) is 1. The zero-order chi connectivity index (χ0) is 21.1. The molecule has 0 radical (unpaired) electrons. The number of thiophene rings is 1. The molecule has 1 aliphatic carbocycles. The van der Waals surface area contributed by atoms with Crippen LogP contribution in [-0.4, -0.2) is 21.4 Å². The van der Waals surface area contributed by atoms with E-state index in [1.165, 1.54) is 34.4 Å². The molecule has 0 saturated heterocycles. The van der Waals surface area contributed by atoms with E-state index in [4.69, 9.17) is 16.0 Å². The third-order valence-corrected chi connectivity index (χ3v) is 7.27. The molecule has 30 heavy (non-hydrogen) atoms. The van der Waals surface area contributed by atoms with Crippen molar-refractivity contribution < 1.29 is 9.21 Å². The Morgan fingerprint density at radius 3 is 2.97 bits per heavy atom. The molecule has 0 spiro atoms. The van der Waals surface area contributed by atoms with Gasteiger partial charge in [0.15, 0.2) is 0 Å². The first kappa shape index (κ1) is 20.9. The Labute approximate surface area is 187 Å². The van der Waals surface area contributed by atoms with E-state index < -0.39 is 5.25 Å². The van der Waals surface area contributed by atoms with Crippen molar-refractivity contribution in [3.05, 3.63) is 45.3 Å². The Bertz CT molecular complexity index is 1120. The van der Waals surface area contributed by atoms with E-state index in [2.05, 4.69) is 21.6 Å². The van der Waals surface area contributed by atoms with E-state index in [1.54, 1.807) is 25.1 Å². The largest absolute Gasteiger partial charge is 0.411 e. The summed E-state index contributed by atoms with van der Waals surface area (Å²) < 4.78 is 5.67. The van der Waals surface area contributed by atoms with Gasteiger partial charge >= 0.3 is 0 Å². The summed E-state index contributed by atoms with van der Waals surface area (Å²) in [5.41, 5.74) is 2.44. The second-order valence-corrected chi connectivity index (χ2v) is 9.85. The molecule has 1 amide bonds. The van der Waals surface area contributed by atoms with Crippen LogP contribution in [-0.2, 0) is 17.6 Å². The number of carbonyl (C=O) groups is 1. The molecule has 2 heterocycles. The molecule has 0 unspecified atom stereocenters. The minimum Gasteiger partial charge on any atom is -0.411 e. The quantitative estimate of drug-likeness (QED) is 0.388. The van der Waals surface area contributed by atoms with Crippen LogP contribution in [0.2, 0.25) is 5.02 Å². The number of thioether (sulfide) groups is 1. The van der Waals surface area contributed by atoms with Gasteiger partial charge in [0.25, 0.3) is 5.22 Å². The number of nitrogens with zero attached hydrogens (tertiary/aromatic N) is 3. The van der Waals surface area contributed by atoms with Crippen LogP contribution in [0.4, 0.5) is 5.00 Å². The lowest BCUT2D eigenvalue weighted by molar-refractivity contribution is -0.115. The lowest BCUT2D eigenvalue weighted by Crippen LogP contribution is -2.22. The Morgan fingerprint density at radius 2 is 2.17 bits per heavy atom. The predicted octanol–water partition coefficient (Wildman–Crippen LogP) is 5.71. The van der Waals surface area contributed by atoms with Crippen molar-refractivity contribution in [1.82, 2.24) is 10.2 Å². The van der Waals surface area contributed by atoms with E-state index in [0.717, 1.165) is 36.8 Å². The summed E-state index contributed by atoms with van der Waals surface area (Å²) in [6.07, 6.45) is 5.28. The monoisotopic (exact) mass is 458 g/mol. The maximum Gasteiger partial charge on any atom is 0.277 e. The van der Waals surface area contributed by atoms with E-state index in [9.17, 15) is 10.1 Å². The molecular weight excluding hydrogens is 440 g/mol. The molecule has 4 rings (SSSR count). The van der Waals surface area contributed by atoms with Crippen LogP contribution in [0.25, 0.3) is 11.5 Å². The fraction of sp³-hybridized carbons (Fsp3) is 0.333. The second kappa shape index (κ2) is 9.21. The van der Waals surface area contributed by atoms with Crippen molar-refractivity contribution in [2.45, 2.75) is 49.5 Å². The second-order valence-electron chi connectivity index (χ2n) is 7.01. The third kappa shape index (κ3) is 4.53. The highest BCUT2D eigenvalue weighted by Gasteiger charge is 2.24. The minimum absolute atomic E-state index is 0.199. The van der Waals surface area contributed by atoms with Gasteiger partial charge in [-0.15, -0.1) is 21.5 Å². The molecular formula is C21H19ClN4O2S2. The van der Waals surface area contributed by atoms with Crippen LogP contribution in [0, 0.1) is 11.3 Å². The average molecular weight is 459 g/mol. The van der Waals surface area contributed by atoms with Gasteiger partial charge in [-0.3, -0.25) is 4.79 Å². The van der Waals surface area contributed by atoms with Crippen LogP contribution in [0.1, 0.15) is 42.2 Å². The zero-order valence-corrected chi connectivity index (χ0v) is 18.7. The number of amides is 1. The average Bonchev–Trinajstić information content (AvgIpc) is 3.25. The minimum atomic E-state index is -0.467. The van der Waals surface area contributed by atoms with Crippen LogP contribution in [0.5, 0.6) is 0 Å². The number of aryl methyl sites for hydroxylation is 1. The topological polar surface area (TPSA) is 91.8 Å². The molecule has 0 aliphatic heterocycles. The Morgan fingerprint density at radius 1 is 1.33 bits per heavy atom. The van der Waals surface area contributed by atoms with E-state index in [-0.39, 0.29) is 5.91 Å². The van der Waals surface area contributed by atoms with Crippen molar-refractivity contribution in [3.8, 4) is 17.5 Å². The maximum atomic E-state index is 12.7. The zero-order valence-electron chi connectivity index (χ0n) is 16.3. The number of fused-ring (bicyclic) bond motifs is 1. The summed E-state index contributed by atoms with van der Waals surface area (Å²) in [6.45, 7) is 1.77. The smallest absolute Gasteiger partial charge is 0.277 e. The lowest BCUT2D eigenvalue weighted by atomic mass is 10.1. The van der Waals surface area contributed by atoms with Crippen LogP contribution in [0.15, 0.2) is 33.9 Å². The maximum absolute atomic E-state index is 12.7. The number of nitriles is 1. The summed E-state index contributed by atoms with van der Waals surface area (Å²) in [5, 5.41) is 21.7. The highest BCUT2D eigenvalue weighted by atomic mass is 35.5. The van der Waals surface area contributed by atoms with Gasteiger partial charge in [-0.05, 0) is 56.4 Å². The Hall–Kier alpha value is -2.34. The number of aromatic nitrogens is 2. The summed E-state index contributed by atoms with van der Waals surface area (Å²) in [7, 11) is 0. The van der Waals surface area contributed by atoms with Gasteiger partial charge in [0.1, 0.15) is 11.1 Å². The third-order valence-electron chi connectivity index (χ3n) is 4.89. The van der Waals surface area contributed by atoms with E-state index in [1.807, 2.05) is 6.07 Å². The normalized spacial score (nSPS) is 14.4. The van der Waals surface area contributed by atoms with Crippen molar-refractivity contribution in [3.63, 3.8) is 0 Å². The molecule has 1 atom stereocenters. The molecule has 0 bridgehead atoms. The highest BCUT2D eigenvalue weighted by molar-refractivity contribution is 8.00. The highest BCUT2D eigenvalue weighted by Crippen LogP contribution is 2.37. The number of anilines is 1. The molecule has 1 aliphatic rings. The fourth-order valence-corrected chi connectivity index (χ4v) is 5.48. The standard InChI is InChI=1S/C21H19ClN4O2S2/c1-12(29-21-26-25-19(28-21)13-6-5-7-14(22)10-13)18(27)24-20-16(11-23)15-8-3-2-4-9-17(15)30-20/h5-7,10,12H,2-4,8-9H2,1H3,(H,24,27)/t12-/m0/s1. The van der Waals surface area contributed by atoms with Gasteiger partial charge in [0.05, 0.1) is 10.8 Å². The van der Waals surface area contributed by atoms with Gasteiger partial charge in [0.2, 0.25) is 11.8 Å². The van der Waals surface area contributed by atoms with Crippen molar-refractivity contribution >= 4 is 45.6 Å². The van der Waals surface area contributed by atoms with Gasteiger partial charge in [0, 0.05) is 15.5 Å². The van der Waals surface area contributed by atoms with Crippen LogP contribution in [0.3, 0.4) is 0 Å². The summed E-state index contributed by atoms with van der Waals surface area (Å²) in [5.74, 6) is 0.150. The number of hydrogen-bond acceptors (Lipinski definition) is 7. The number of halogens is 1. The molecule has 0 saturated carbocycles. The van der Waals surface area contributed by atoms with Gasteiger partial charge in [-0.2, -0.15) is 5.26 Å². The number of nitrogens with one attached hydrogen (secondary N) is 1. The molecule has 1 N–H and O–H groups in total. The molecule has 3 aromatic rings.